The smallest absolute Gasteiger partial charge is 0.485 e. The van der Waals surface area contributed by atoms with Gasteiger partial charge in [-0.1, -0.05) is 18.3 Å². The molecular formula is C18H20F3N3O9S3. The van der Waals surface area contributed by atoms with Crippen LogP contribution in [-0.2, 0) is 36.6 Å². The van der Waals surface area contributed by atoms with Crippen molar-refractivity contribution < 1.29 is 58.8 Å². The molecule has 0 aromatic carbocycles. The van der Waals surface area contributed by atoms with Gasteiger partial charge in [-0.05, 0) is 6.92 Å². The van der Waals surface area contributed by atoms with E-state index in [1.54, 1.807) is 24.0 Å². The lowest BCUT2D eigenvalue weighted by atomic mass is 9.77. The second-order valence-electron chi connectivity index (χ2n) is 8.33. The molecule has 2 aliphatic rings. The summed E-state index contributed by atoms with van der Waals surface area (Å²) in [5.41, 5.74) is -5.24. The molecule has 0 saturated carbocycles. The molecule has 18 heteroatoms. The summed E-state index contributed by atoms with van der Waals surface area (Å²) in [6, 6.07) is -0.416. The second-order valence-corrected chi connectivity index (χ2v) is 12.7. The summed E-state index contributed by atoms with van der Waals surface area (Å²) in [5, 5.41) is 19.9. The molecule has 12 nitrogen and oxygen atoms in total. The number of sulfone groups is 1. The SMILES string of the molecule is C[C@@H](O)[C@H]1C(=O)N2C(C(=O)O)=C(c3c[n+]4cn(C)c(S(C)(=O)=O)c4s3)[C@H](C)[C@H]12.O=S(=O)([O-])C(F)(F)F. The van der Waals surface area contributed by atoms with Gasteiger partial charge in [-0.2, -0.15) is 17.6 Å². The Balaban J connectivity index is 0.000000392. The van der Waals surface area contributed by atoms with Gasteiger partial charge in [0.1, 0.15) is 11.9 Å². The molecular weight excluding hydrogens is 555 g/mol. The quantitative estimate of drug-likeness (QED) is 0.219. The number of hydrogen-bond acceptors (Lipinski definition) is 9. The van der Waals surface area contributed by atoms with Gasteiger partial charge in [0, 0.05) is 17.7 Å². The van der Waals surface area contributed by atoms with Gasteiger partial charge in [0.15, 0.2) is 10.1 Å². The topological polar surface area (TPSA) is 178 Å². The van der Waals surface area contributed by atoms with Crippen molar-refractivity contribution >= 4 is 53.6 Å². The first kappa shape index (κ1) is 28.0. The van der Waals surface area contributed by atoms with Crippen LogP contribution >= 0.6 is 11.3 Å². The van der Waals surface area contributed by atoms with Gasteiger partial charge >= 0.3 is 11.5 Å². The van der Waals surface area contributed by atoms with Crippen LogP contribution in [0.2, 0.25) is 0 Å². The van der Waals surface area contributed by atoms with Gasteiger partial charge in [-0.3, -0.25) is 4.79 Å². The third-order valence-electron chi connectivity index (χ3n) is 5.77. The normalized spacial score (nSPS) is 23.3. The molecule has 0 unspecified atom stereocenters. The average molecular weight is 576 g/mol. The number of carbonyl (C=O) groups is 2. The van der Waals surface area contributed by atoms with E-state index in [2.05, 4.69) is 0 Å². The van der Waals surface area contributed by atoms with Gasteiger partial charge in [0.2, 0.25) is 20.6 Å². The summed E-state index contributed by atoms with van der Waals surface area (Å²) in [4.78, 5) is 26.8. The number of fused-ring (bicyclic) bond motifs is 2. The minimum atomic E-state index is -6.09. The van der Waals surface area contributed by atoms with E-state index in [9.17, 15) is 41.4 Å². The molecule has 1 amide bonds. The Morgan fingerprint density at radius 1 is 1.28 bits per heavy atom. The molecule has 0 radical (unpaired) electrons. The monoisotopic (exact) mass is 575 g/mol. The molecule has 0 aliphatic carbocycles. The Bertz CT molecular complexity index is 1500. The van der Waals surface area contributed by atoms with Gasteiger partial charge < -0.3 is 19.7 Å². The number of halogens is 3. The standard InChI is InChI=1S/C17H19N3O6S2.CHF3O3S/c1-7-10(13(17(23)24)20-12(7)11(8(2)21)14(20)22)9-5-19-6-18(3)16(15(19)27-9)28(4,25)26;2-1(3,4)8(5,6)7/h5-8,11-12,21H,1-4H3;(H,5,6,7)/t7-,8+,11+,12+;/m0./s1. The Morgan fingerprint density at radius 3 is 2.22 bits per heavy atom. The first-order chi connectivity index (χ1) is 16.2. The van der Waals surface area contributed by atoms with E-state index in [1.165, 1.54) is 27.7 Å². The maximum atomic E-state index is 12.5. The molecule has 36 heavy (non-hydrogen) atoms. The highest BCUT2D eigenvalue weighted by Crippen LogP contribution is 2.51. The number of carbonyl (C=O) groups excluding carboxylic acids is 1. The Hall–Kier alpha value is -2.54. The zero-order valence-electron chi connectivity index (χ0n) is 18.9. The Morgan fingerprint density at radius 2 is 1.81 bits per heavy atom. The van der Waals surface area contributed by atoms with Crippen molar-refractivity contribution in [2.45, 2.75) is 36.5 Å². The van der Waals surface area contributed by atoms with Crippen LogP contribution in [0.3, 0.4) is 0 Å². The fourth-order valence-corrected chi connectivity index (χ4v) is 7.21. The summed E-state index contributed by atoms with van der Waals surface area (Å²) >= 11 is 1.18. The van der Waals surface area contributed by atoms with E-state index in [0.717, 1.165) is 6.26 Å². The number of aryl methyl sites for hydroxylation is 1. The molecule has 2 N–H and O–H groups in total. The highest BCUT2D eigenvalue weighted by atomic mass is 32.2. The minimum absolute atomic E-state index is 0.0887. The number of nitrogens with zero attached hydrogens (tertiary/aromatic N) is 3. The number of imidazole rings is 1. The molecule has 2 aliphatic heterocycles. The zero-order chi connectivity index (χ0) is 27.7. The number of amides is 1. The van der Waals surface area contributed by atoms with Gasteiger partial charge in [0.25, 0.3) is 11.4 Å². The van der Waals surface area contributed by atoms with Crippen LogP contribution in [-0.4, -0.2) is 76.9 Å². The fraction of sp³-hybridized carbons (Fsp3) is 0.500. The van der Waals surface area contributed by atoms with E-state index in [1.807, 2.05) is 6.92 Å². The van der Waals surface area contributed by atoms with Crippen molar-refractivity contribution in [1.82, 2.24) is 9.47 Å². The number of carboxylic acids is 1. The lowest BCUT2D eigenvalue weighted by Crippen LogP contribution is -2.63. The number of rotatable bonds is 4. The lowest BCUT2D eigenvalue weighted by Gasteiger charge is -2.46. The van der Waals surface area contributed by atoms with Crippen molar-refractivity contribution in [2.75, 3.05) is 6.26 Å². The zero-order valence-corrected chi connectivity index (χ0v) is 21.4. The Kier molecular flexibility index (Phi) is 6.84. The number of aliphatic carboxylic acids is 1. The Labute approximate surface area is 206 Å². The number of carboxylic acid groups (broad SMARTS) is 1. The minimum Gasteiger partial charge on any atom is -0.741 e. The summed E-state index contributed by atoms with van der Waals surface area (Å²) in [5.74, 6) is -2.56. The van der Waals surface area contributed by atoms with Gasteiger partial charge in [-0.15, -0.1) is 0 Å². The summed E-state index contributed by atoms with van der Waals surface area (Å²) in [7, 11) is -7.94. The maximum Gasteiger partial charge on any atom is 0.485 e. The number of aromatic nitrogens is 2. The molecule has 1 saturated heterocycles. The first-order valence-corrected chi connectivity index (χ1v) is 14.0. The molecule has 1 fully saturated rings. The maximum absolute atomic E-state index is 12.5. The number of β-lactam (4-membered cyclic amide) rings is 1. The van der Waals surface area contributed by atoms with E-state index in [0.29, 0.717) is 15.3 Å². The third-order valence-corrected chi connectivity index (χ3v) is 8.80. The van der Waals surface area contributed by atoms with Gasteiger partial charge in [-0.25, -0.2) is 26.2 Å². The predicted octanol–water partition coefficient (Wildman–Crippen LogP) is -0.0666. The van der Waals surface area contributed by atoms with E-state index >= 15 is 0 Å². The van der Waals surface area contributed by atoms with Gasteiger partial charge in [0.05, 0.1) is 30.0 Å². The molecule has 0 bridgehead atoms. The van der Waals surface area contributed by atoms with Crippen LogP contribution in [0, 0.1) is 11.8 Å². The van der Waals surface area contributed by atoms with Crippen LogP contribution in [0.5, 0.6) is 0 Å². The largest absolute Gasteiger partial charge is 0.741 e. The van der Waals surface area contributed by atoms with Crippen LogP contribution in [0.25, 0.3) is 10.4 Å². The molecule has 0 spiro atoms. The number of aliphatic hydroxyl groups is 1. The molecule has 4 atom stereocenters. The van der Waals surface area contributed by atoms with Crippen molar-refractivity contribution in [3.05, 3.63) is 23.1 Å². The van der Waals surface area contributed by atoms with Crippen LogP contribution in [0.1, 0.15) is 18.7 Å². The highest BCUT2D eigenvalue weighted by Gasteiger charge is 2.60. The fourth-order valence-electron chi connectivity index (χ4n) is 4.44. The van der Waals surface area contributed by atoms with Crippen LogP contribution in [0.4, 0.5) is 13.2 Å². The summed E-state index contributed by atoms with van der Waals surface area (Å²) in [6.45, 7) is 3.36. The van der Waals surface area contributed by atoms with Crippen LogP contribution in [0.15, 0.2) is 23.2 Å². The number of alkyl halides is 3. The molecule has 200 valence electrons. The van der Waals surface area contributed by atoms with Crippen molar-refractivity contribution in [1.29, 1.82) is 0 Å². The summed E-state index contributed by atoms with van der Waals surface area (Å²) in [6.07, 6.45) is 3.56. The first-order valence-electron chi connectivity index (χ1n) is 9.91. The van der Waals surface area contributed by atoms with Crippen molar-refractivity contribution in [2.24, 2.45) is 18.9 Å². The number of aliphatic hydroxyl groups excluding tert-OH is 1. The second kappa shape index (κ2) is 8.79. The molecule has 4 rings (SSSR count). The van der Waals surface area contributed by atoms with Crippen LogP contribution < -0.4 is 4.40 Å². The highest BCUT2D eigenvalue weighted by molar-refractivity contribution is 7.91. The number of hydrogen-bond donors (Lipinski definition) is 2. The summed E-state index contributed by atoms with van der Waals surface area (Å²) < 4.78 is 86.4. The lowest BCUT2D eigenvalue weighted by molar-refractivity contribution is -0.508. The van der Waals surface area contributed by atoms with E-state index in [4.69, 9.17) is 13.0 Å². The molecule has 2 aromatic heterocycles. The van der Waals surface area contributed by atoms with E-state index in [-0.39, 0.29) is 16.6 Å². The molecule has 4 heterocycles. The van der Waals surface area contributed by atoms with Crippen molar-refractivity contribution in [3.8, 4) is 0 Å². The predicted molar refractivity (Wildman–Crippen MR) is 115 cm³/mol. The molecule has 2 aromatic rings. The number of thiazole rings is 1. The van der Waals surface area contributed by atoms with E-state index < -0.39 is 55.4 Å². The third kappa shape index (κ3) is 4.51. The van der Waals surface area contributed by atoms with Crippen molar-refractivity contribution in [3.63, 3.8) is 0 Å². The average Bonchev–Trinajstić information content (AvgIpc) is 3.26.